The molecule has 3 N–H and O–H groups in total. The fourth-order valence-electron chi connectivity index (χ4n) is 4.65. The van der Waals surface area contributed by atoms with Gasteiger partial charge < -0.3 is 15.3 Å². The van der Waals surface area contributed by atoms with Crippen molar-refractivity contribution >= 4 is 27.8 Å². The van der Waals surface area contributed by atoms with Gasteiger partial charge in [0.2, 0.25) is 5.91 Å². The summed E-state index contributed by atoms with van der Waals surface area (Å²) in [5, 5.41) is 3.58. The maximum atomic E-state index is 13.1. The van der Waals surface area contributed by atoms with Crippen molar-refractivity contribution in [3.63, 3.8) is 0 Å². The van der Waals surface area contributed by atoms with Crippen molar-refractivity contribution in [2.75, 3.05) is 13.1 Å². The summed E-state index contributed by atoms with van der Waals surface area (Å²) in [5.74, 6) is 0.657. The van der Waals surface area contributed by atoms with Gasteiger partial charge >= 0.3 is 6.18 Å². The first-order valence-electron chi connectivity index (χ1n) is 11.4. The number of nitrogens with zero attached hydrogens (tertiary/aromatic N) is 2. The van der Waals surface area contributed by atoms with Crippen LogP contribution in [0.15, 0.2) is 42.6 Å². The summed E-state index contributed by atoms with van der Waals surface area (Å²) in [6.07, 6.45) is -1.17. The molecule has 1 aliphatic rings. The summed E-state index contributed by atoms with van der Waals surface area (Å²) < 4.78 is 39.3. The second kappa shape index (κ2) is 8.79. The Morgan fingerprint density at radius 3 is 2.71 bits per heavy atom. The van der Waals surface area contributed by atoms with Crippen LogP contribution in [0.25, 0.3) is 21.9 Å². The molecule has 0 atom stereocenters. The van der Waals surface area contributed by atoms with Gasteiger partial charge in [0.15, 0.2) is 0 Å². The number of carbonyl (C=O) groups is 1. The maximum absolute atomic E-state index is 13.1. The van der Waals surface area contributed by atoms with Crippen molar-refractivity contribution in [3.05, 3.63) is 65.1 Å². The second-order valence-electron chi connectivity index (χ2n) is 9.04. The first-order chi connectivity index (χ1) is 16.3. The molecule has 2 aromatic carbocycles. The molecule has 0 bridgehead atoms. The molecule has 0 unspecified atom stereocenters. The Morgan fingerprint density at radius 2 is 1.94 bits per heavy atom. The molecule has 1 aliphatic heterocycles. The molecule has 1 saturated heterocycles. The zero-order valence-corrected chi connectivity index (χ0v) is 18.8. The van der Waals surface area contributed by atoms with E-state index in [1.165, 1.54) is 12.1 Å². The van der Waals surface area contributed by atoms with Crippen LogP contribution in [0.1, 0.15) is 35.4 Å². The van der Waals surface area contributed by atoms with Gasteiger partial charge in [-0.3, -0.25) is 9.69 Å². The van der Waals surface area contributed by atoms with Crippen molar-refractivity contribution in [1.82, 2.24) is 25.2 Å². The van der Waals surface area contributed by atoms with E-state index in [0.29, 0.717) is 49.9 Å². The molecule has 178 valence electrons. The van der Waals surface area contributed by atoms with E-state index in [-0.39, 0.29) is 11.8 Å². The predicted octanol–water partition coefficient (Wildman–Crippen LogP) is 4.90. The number of aromatic amines is 2. The van der Waals surface area contributed by atoms with Crippen LogP contribution in [-0.2, 0) is 24.1 Å². The number of hydrogen-bond donors (Lipinski definition) is 3. The van der Waals surface area contributed by atoms with Gasteiger partial charge in [0.05, 0.1) is 23.1 Å². The number of rotatable bonds is 5. The zero-order chi connectivity index (χ0) is 23.9. The number of amides is 1. The molecule has 0 aliphatic carbocycles. The predicted molar refractivity (Wildman–Crippen MR) is 124 cm³/mol. The number of fused-ring (bicyclic) bond motifs is 2. The topological polar surface area (TPSA) is 76.8 Å². The monoisotopic (exact) mass is 469 g/mol. The number of likely N-dealkylation sites (tertiary alicyclic amines) is 1. The van der Waals surface area contributed by atoms with E-state index >= 15 is 0 Å². The SMILES string of the molecule is Cc1ccc2nc(CNC(=O)C3CCN(Cc4c[nH]c5ccc(C(F)(F)F)cc45)CC3)[nH]c2c1. The molecule has 5 rings (SSSR count). The molecule has 6 nitrogen and oxygen atoms in total. The summed E-state index contributed by atoms with van der Waals surface area (Å²) in [6.45, 7) is 4.35. The number of piperidine rings is 1. The Labute approximate surface area is 194 Å². The highest BCUT2D eigenvalue weighted by Gasteiger charge is 2.31. The quantitative estimate of drug-likeness (QED) is 0.389. The lowest BCUT2D eigenvalue weighted by atomic mass is 9.95. The first kappa shape index (κ1) is 22.5. The van der Waals surface area contributed by atoms with Gasteiger partial charge in [0, 0.05) is 29.6 Å². The maximum Gasteiger partial charge on any atom is 0.416 e. The molecule has 3 heterocycles. The molecule has 0 radical (unpaired) electrons. The van der Waals surface area contributed by atoms with E-state index in [1.807, 2.05) is 25.1 Å². The highest BCUT2D eigenvalue weighted by molar-refractivity contribution is 5.84. The number of imidazole rings is 1. The lowest BCUT2D eigenvalue weighted by molar-refractivity contribution is -0.137. The third-order valence-corrected chi connectivity index (χ3v) is 6.56. The Hall–Kier alpha value is -3.33. The molecule has 1 fully saturated rings. The molecular formula is C25H26F3N5O. The molecule has 1 amide bonds. The van der Waals surface area contributed by atoms with E-state index in [0.717, 1.165) is 34.1 Å². The molecule has 2 aromatic heterocycles. The van der Waals surface area contributed by atoms with Crippen molar-refractivity contribution in [2.45, 2.75) is 39.0 Å². The standard InChI is InChI=1S/C25H26F3N5O/c1-15-2-4-21-22(10-15)32-23(31-21)13-30-24(34)16-6-8-33(9-7-16)14-17-12-29-20-5-3-18(11-19(17)20)25(26,27)28/h2-5,10-12,16,29H,6-9,13-14H2,1H3,(H,30,34)(H,31,32). The molecule has 9 heteroatoms. The summed E-state index contributed by atoms with van der Waals surface area (Å²) in [7, 11) is 0. The normalized spacial score (nSPS) is 15.9. The number of halogens is 3. The lowest BCUT2D eigenvalue weighted by Crippen LogP contribution is -2.40. The van der Waals surface area contributed by atoms with Crippen molar-refractivity contribution < 1.29 is 18.0 Å². The average Bonchev–Trinajstić information content (AvgIpc) is 3.40. The number of H-pyrrole nitrogens is 2. The fraction of sp³-hybridized carbons (Fsp3) is 0.360. The number of aryl methyl sites for hydroxylation is 1. The van der Waals surface area contributed by atoms with Crippen LogP contribution in [0.2, 0.25) is 0 Å². The number of carbonyl (C=O) groups excluding carboxylic acids is 1. The van der Waals surface area contributed by atoms with Crippen LogP contribution in [0, 0.1) is 12.8 Å². The Balaban J connectivity index is 1.16. The average molecular weight is 470 g/mol. The van der Waals surface area contributed by atoms with Crippen molar-refractivity contribution in [2.24, 2.45) is 5.92 Å². The zero-order valence-electron chi connectivity index (χ0n) is 18.8. The van der Waals surface area contributed by atoms with Gasteiger partial charge in [0.1, 0.15) is 5.82 Å². The Morgan fingerprint density at radius 1 is 1.15 bits per heavy atom. The van der Waals surface area contributed by atoms with Gasteiger partial charge in [-0.1, -0.05) is 6.07 Å². The Bertz CT molecular complexity index is 1330. The van der Waals surface area contributed by atoms with E-state index in [2.05, 4.69) is 25.2 Å². The summed E-state index contributed by atoms with van der Waals surface area (Å²) in [6, 6.07) is 9.77. The van der Waals surface area contributed by atoms with Gasteiger partial charge in [-0.2, -0.15) is 13.2 Å². The number of nitrogens with one attached hydrogen (secondary N) is 3. The first-order valence-corrected chi connectivity index (χ1v) is 11.4. The summed E-state index contributed by atoms with van der Waals surface area (Å²) in [4.78, 5) is 25.7. The van der Waals surface area contributed by atoms with E-state index < -0.39 is 11.7 Å². The van der Waals surface area contributed by atoms with Gasteiger partial charge in [0.25, 0.3) is 0 Å². The minimum Gasteiger partial charge on any atom is -0.361 e. The van der Waals surface area contributed by atoms with Gasteiger partial charge in [-0.05, 0) is 74.3 Å². The number of alkyl halides is 3. The minimum absolute atomic E-state index is 0.0122. The summed E-state index contributed by atoms with van der Waals surface area (Å²) in [5.41, 5.74) is 3.87. The number of hydrogen-bond acceptors (Lipinski definition) is 3. The molecule has 4 aromatic rings. The highest BCUT2D eigenvalue weighted by Crippen LogP contribution is 2.33. The number of benzene rings is 2. The Kier molecular flexibility index (Phi) is 5.81. The van der Waals surface area contributed by atoms with E-state index in [9.17, 15) is 18.0 Å². The van der Waals surface area contributed by atoms with Crippen LogP contribution in [0.3, 0.4) is 0 Å². The van der Waals surface area contributed by atoms with Gasteiger partial charge in [-0.25, -0.2) is 4.98 Å². The van der Waals surface area contributed by atoms with Crippen LogP contribution in [0.4, 0.5) is 13.2 Å². The highest BCUT2D eigenvalue weighted by atomic mass is 19.4. The van der Waals surface area contributed by atoms with Crippen LogP contribution in [0.5, 0.6) is 0 Å². The van der Waals surface area contributed by atoms with Crippen LogP contribution >= 0.6 is 0 Å². The van der Waals surface area contributed by atoms with Crippen molar-refractivity contribution in [1.29, 1.82) is 0 Å². The third-order valence-electron chi connectivity index (χ3n) is 6.56. The molecule has 34 heavy (non-hydrogen) atoms. The van der Waals surface area contributed by atoms with Gasteiger partial charge in [-0.15, -0.1) is 0 Å². The third kappa shape index (κ3) is 4.65. The number of aromatic nitrogens is 3. The lowest BCUT2D eigenvalue weighted by Gasteiger charge is -2.31. The fourth-order valence-corrected chi connectivity index (χ4v) is 4.65. The van der Waals surface area contributed by atoms with Crippen LogP contribution < -0.4 is 5.32 Å². The van der Waals surface area contributed by atoms with E-state index in [4.69, 9.17) is 0 Å². The molecule has 0 saturated carbocycles. The minimum atomic E-state index is -4.37. The smallest absolute Gasteiger partial charge is 0.361 e. The molecule has 0 spiro atoms. The van der Waals surface area contributed by atoms with Crippen molar-refractivity contribution in [3.8, 4) is 0 Å². The van der Waals surface area contributed by atoms with E-state index in [1.54, 1.807) is 6.20 Å². The molecular weight excluding hydrogens is 443 g/mol. The second-order valence-corrected chi connectivity index (χ2v) is 9.04. The largest absolute Gasteiger partial charge is 0.416 e. The van der Waals surface area contributed by atoms with Crippen LogP contribution in [-0.4, -0.2) is 38.8 Å². The summed E-state index contributed by atoms with van der Waals surface area (Å²) >= 11 is 0.